The van der Waals surface area contributed by atoms with E-state index in [9.17, 15) is 9.59 Å². The summed E-state index contributed by atoms with van der Waals surface area (Å²) < 4.78 is 32.0. The number of rotatable bonds is 18. The van der Waals surface area contributed by atoms with Gasteiger partial charge in [-0.1, -0.05) is 29.3 Å². The molecule has 2 aromatic heterocycles. The van der Waals surface area contributed by atoms with Crippen LogP contribution in [0.5, 0.6) is 23.0 Å². The quantitative estimate of drug-likeness (QED) is 0.108. The molecule has 0 radical (unpaired) electrons. The minimum Gasteiger partial charge on any atom is -0.494 e. The normalized spacial score (nSPS) is 10.5. The van der Waals surface area contributed by atoms with Gasteiger partial charge in [0.05, 0.1) is 26.4 Å². The minimum absolute atomic E-state index is 0.164. The van der Waals surface area contributed by atoms with Gasteiger partial charge in [-0.3, -0.25) is 9.59 Å². The van der Waals surface area contributed by atoms with Crippen LogP contribution in [0.4, 0.5) is 0 Å². The first-order valence-corrected chi connectivity index (χ1v) is 15.6. The first-order chi connectivity index (χ1) is 22.4. The lowest BCUT2D eigenvalue weighted by Gasteiger charge is -2.07. The molecule has 0 aliphatic carbocycles. The molecule has 0 aliphatic heterocycles. The van der Waals surface area contributed by atoms with E-state index < -0.39 is 0 Å². The molecule has 0 spiro atoms. The van der Waals surface area contributed by atoms with Gasteiger partial charge in [0.2, 0.25) is 22.4 Å². The van der Waals surface area contributed by atoms with Gasteiger partial charge in [-0.05, 0) is 81.0 Å². The second-order valence-electron chi connectivity index (χ2n) is 9.89. The third-order valence-electron chi connectivity index (χ3n) is 6.26. The summed E-state index contributed by atoms with van der Waals surface area (Å²) in [5.41, 5.74) is -0.573. The van der Waals surface area contributed by atoms with Crippen molar-refractivity contribution in [3.05, 3.63) is 115 Å². The molecule has 0 amide bonds. The Labute approximate surface area is 277 Å². The fourth-order valence-electron chi connectivity index (χ4n) is 3.85. The van der Waals surface area contributed by atoms with Crippen molar-refractivity contribution in [1.29, 1.82) is 0 Å². The Morgan fingerprint density at radius 3 is 1.48 bits per heavy atom. The second kappa shape index (κ2) is 21.0. The molecule has 0 unspecified atom stereocenters. The van der Waals surface area contributed by atoms with Crippen molar-refractivity contribution < 1.29 is 38.0 Å². The molecule has 4 aromatic rings. The van der Waals surface area contributed by atoms with E-state index >= 15 is 0 Å². The molecule has 0 saturated heterocycles. The Balaban J connectivity index is 0.000000250. The van der Waals surface area contributed by atoms with E-state index in [1.54, 1.807) is 24.3 Å². The van der Waals surface area contributed by atoms with Crippen LogP contribution in [-0.4, -0.2) is 36.6 Å². The van der Waals surface area contributed by atoms with Crippen molar-refractivity contribution in [2.24, 2.45) is 0 Å². The highest BCUT2D eigenvalue weighted by molar-refractivity contribution is 6.30. The van der Waals surface area contributed by atoms with E-state index in [0.29, 0.717) is 36.5 Å². The molecular weight excluding hydrogens is 639 g/mol. The van der Waals surface area contributed by atoms with Gasteiger partial charge in [0.25, 0.3) is 0 Å². The summed E-state index contributed by atoms with van der Waals surface area (Å²) in [4.78, 5) is 23.2. The number of hydrogen-bond acceptors (Lipinski definition) is 10. The molecular formula is C34H38Cl2O10. The maximum Gasteiger partial charge on any atom is 0.227 e. The summed E-state index contributed by atoms with van der Waals surface area (Å²) in [7, 11) is 0. The van der Waals surface area contributed by atoms with Crippen LogP contribution in [0.1, 0.15) is 50.0 Å². The van der Waals surface area contributed by atoms with E-state index in [1.807, 2.05) is 24.3 Å². The summed E-state index contributed by atoms with van der Waals surface area (Å²) in [6.07, 6.45) is 7.70. The van der Waals surface area contributed by atoms with Crippen molar-refractivity contribution in [3.63, 3.8) is 0 Å². The van der Waals surface area contributed by atoms with Crippen LogP contribution >= 0.6 is 23.2 Å². The molecule has 10 nitrogen and oxygen atoms in total. The average Bonchev–Trinajstić information content (AvgIpc) is 3.06. The third-order valence-corrected chi connectivity index (χ3v) is 6.74. The smallest absolute Gasteiger partial charge is 0.227 e. The lowest BCUT2D eigenvalue weighted by Crippen LogP contribution is -2.09. The highest BCUT2D eigenvalue weighted by Gasteiger charge is 2.05. The molecule has 0 fully saturated rings. The molecule has 2 aromatic carbocycles. The lowest BCUT2D eigenvalue weighted by molar-refractivity contribution is 0.235. The van der Waals surface area contributed by atoms with Crippen LogP contribution in [0.25, 0.3) is 0 Å². The lowest BCUT2D eigenvalue weighted by atomic mass is 10.2. The summed E-state index contributed by atoms with van der Waals surface area (Å²) in [6.45, 7) is 1.48. The van der Waals surface area contributed by atoms with Gasteiger partial charge < -0.3 is 38.0 Å². The van der Waals surface area contributed by atoms with Crippen LogP contribution in [0.2, 0.25) is 10.0 Å². The van der Waals surface area contributed by atoms with Crippen LogP contribution in [0, 0.1) is 0 Å². The molecule has 0 atom stereocenters. The number of aliphatic hydroxyl groups is 2. The second-order valence-corrected chi connectivity index (χ2v) is 10.8. The van der Waals surface area contributed by atoms with Crippen molar-refractivity contribution in [2.45, 2.75) is 51.7 Å². The van der Waals surface area contributed by atoms with Gasteiger partial charge >= 0.3 is 0 Å². The fraction of sp³-hybridized carbons (Fsp3) is 0.353. The number of halogens is 2. The van der Waals surface area contributed by atoms with Gasteiger partial charge in [-0.25, -0.2) is 0 Å². The number of benzene rings is 2. The molecule has 0 bridgehead atoms. The number of unbranched alkanes of at least 4 members (excludes halogenated alkanes) is 4. The Kier molecular flexibility index (Phi) is 16.6. The standard InChI is InChI=1S/2C17H19ClO5/c18-13-4-6-14(7-5-13)21-8-2-1-3-9-22-17-12-23-15(11-19)10-16(17)20;18-13-5-4-6-14(9-13)21-7-2-1-3-8-22-17-12-23-15(11-19)10-16(17)20/h4-7,10,12,19H,1-3,8-9,11H2;4-6,9-10,12,19H,1-3,7-8,11H2. The zero-order chi connectivity index (χ0) is 33.0. The van der Waals surface area contributed by atoms with Gasteiger partial charge in [-0.2, -0.15) is 0 Å². The van der Waals surface area contributed by atoms with Gasteiger partial charge in [-0.15, -0.1) is 0 Å². The van der Waals surface area contributed by atoms with E-state index in [2.05, 4.69) is 0 Å². The summed E-state index contributed by atoms with van der Waals surface area (Å²) in [5.74, 6) is 2.33. The predicted molar refractivity (Wildman–Crippen MR) is 174 cm³/mol. The molecule has 12 heteroatoms. The average molecular weight is 678 g/mol. The number of hydrogen-bond donors (Lipinski definition) is 2. The van der Waals surface area contributed by atoms with Crippen molar-refractivity contribution >= 4 is 23.2 Å². The molecule has 4 rings (SSSR count). The van der Waals surface area contributed by atoms with Crippen LogP contribution in [-0.2, 0) is 13.2 Å². The van der Waals surface area contributed by atoms with Gasteiger partial charge in [0.15, 0.2) is 0 Å². The summed E-state index contributed by atoms with van der Waals surface area (Å²) in [5, 5.41) is 19.0. The van der Waals surface area contributed by atoms with Crippen molar-refractivity contribution in [1.82, 2.24) is 0 Å². The Bertz CT molecular complexity index is 1550. The largest absolute Gasteiger partial charge is 0.494 e. The summed E-state index contributed by atoms with van der Waals surface area (Å²) in [6, 6.07) is 17.0. The first-order valence-electron chi connectivity index (χ1n) is 14.9. The van der Waals surface area contributed by atoms with Crippen molar-refractivity contribution in [2.75, 3.05) is 26.4 Å². The topological polar surface area (TPSA) is 138 Å². The molecule has 2 heterocycles. The number of ether oxygens (including phenoxy) is 4. The Hall–Kier alpha value is -3.96. The highest BCUT2D eigenvalue weighted by atomic mass is 35.5. The maximum absolute atomic E-state index is 11.6. The third kappa shape index (κ3) is 14.0. The molecule has 46 heavy (non-hydrogen) atoms. The minimum atomic E-state index is -0.303. The van der Waals surface area contributed by atoms with E-state index in [4.69, 9.17) is 61.2 Å². The predicted octanol–water partition coefficient (Wildman–Crippen LogP) is 6.83. The monoisotopic (exact) mass is 676 g/mol. The zero-order valence-electron chi connectivity index (χ0n) is 25.3. The molecule has 0 aliphatic rings. The van der Waals surface area contributed by atoms with Crippen LogP contribution in [0.3, 0.4) is 0 Å². The first kappa shape index (κ1) is 36.5. The van der Waals surface area contributed by atoms with Crippen LogP contribution < -0.4 is 29.8 Å². The van der Waals surface area contributed by atoms with E-state index in [-0.39, 0.29) is 47.1 Å². The number of aliphatic hydroxyl groups excluding tert-OH is 2. The van der Waals surface area contributed by atoms with Gasteiger partial charge in [0.1, 0.15) is 48.8 Å². The van der Waals surface area contributed by atoms with E-state index in [0.717, 1.165) is 50.0 Å². The molecule has 0 saturated carbocycles. The molecule has 2 N–H and O–H groups in total. The Morgan fingerprint density at radius 2 is 1.02 bits per heavy atom. The zero-order valence-corrected chi connectivity index (χ0v) is 26.8. The fourth-order valence-corrected chi connectivity index (χ4v) is 4.15. The van der Waals surface area contributed by atoms with Gasteiger partial charge in [0, 0.05) is 22.2 Å². The van der Waals surface area contributed by atoms with Crippen LogP contribution in [0.15, 0.2) is 91.6 Å². The Morgan fingerprint density at radius 1 is 0.543 bits per heavy atom. The van der Waals surface area contributed by atoms with Crippen molar-refractivity contribution in [3.8, 4) is 23.0 Å². The summed E-state index contributed by atoms with van der Waals surface area (Å²) >= 11 is 11.7. The highest BCUT2D eigenvalue weighted by Crippen LogP contribution is 2.18. The maximum atomic E-state index is 11.6. The molecule has 248 valence electrons. The SMILES string of the molecule is O=c1cc(CO)occ1OCCCCCOc1ccc(Cl)cc1.O=c1cc(CO)occ1OCCCCCOc1cccc(Cl)c1. The van der Waals surface area contributed by atoms with E-state index in [1.165, 1.54) is 24.7 Å².